The van der Waals surface area contributed by atoms with Crippen molar-refractivity contribution in [2.24, 2.45) is 5.92 Å². The molecular formula is C12H15Cl2NO. The summed E-state index contributed by atoms with van der Waals surface area (Å²) in [4.78, 5) is 11.8. The van der Waals surface area contributed by atoms with E-state index in [1.54, 1.807) is 18.2 Å². The number of amides is 1. The molecule has 0 unspecified atom stereocenters. The van der Waals surface area contributed by atoms with E-state index in [-0.39, 0.29) is 11.9 Å². The third-order valence-electron chi connectivity index (χ3n) is 2.54. The van der Waals surface area contributed by atoms with E-state index in [0.717, 1.165) is 0 Å². The Morgan fingerprint density at radius 3 is 2.31 bits per heavy atom. The summed E-state index contributed by atoms with van der Waals surface area (Å²) < 4.78 is 0. The van der Waals surface area contributed by atoms with Crippen LogP contribution in [0.3, 0.4) is 0 Å². The standard InChI is InChI=1S/C12H15Cl2NO/c1-7(2)8(3)15-12(16)9-4-5-10(13)11(14)6-9/h4-8H,1-3H3,(H,15,16)/t8-/m1/s1. The lowest BCUT2D eigenvalue weighted by atomic mass is 10.1. The monoisotopic (exact) mass is 259 g/mol. The minimum atomic E-state index is -0.125. The van der Waals surface area contributed by atoms with Crippen LogP contribution in [0.25, 0.3) is 0 Å². The summed E-state index contributed by atoms with van der Waals surface area (Å²) in [5.74, 6) is 0.270. The molecule has 0 heterocycles. The predicted octanol–water partition coefficient (Wildman–Crippen LogP) is 3.77. The van der Waals surface area contributed by atoms with Crippen molar-refractivity contribution in [2.75, 3.05) is 0 Å². The van der Waals surface area contributed by atoms with E-state index in [1.165, 1.54) is 0 Å². The van der Waals surface area contributed by atoms with E-state index >= 15 is 0 Å². The molecule has 0 spiro atoms. The highest BCUT2D eigenvalue weighted by Gasteiger charge is 2.13. The van der Waals surface area contributed by atoms with Gasteiger partial charge in [-0.25, -0.2) is 0 Å². The summed E-state index contributed by atoms with van der Waals surface area (Å²) in [5.41, 5.74) is 0.530. The SMILES string of the molecule is CC(C)[C@@H](C)NC(=O)c1ccc(Cl)c(Cl)c1. The molecule has 0 bridgehead atoms. The summed E-state index contributed by atoms with van der Waals surface area (Å²) in [7, 11) is 0. The fourth-order valence-corrected chi connectivity index (χ4v) is 1.39. The van der Waals surface area contributed by atoms with Gasteiger partial charge < -0.3 is 5.32 Å². The minimum absolute atomic E-state index is 0.125. The Bertz CT molecular complexity index is 391. The maximum absolute atomic E-state index is 11.8. The number of carbonyl (C=O) groups is 1. The molecule has 4 heteroatoms. The molecule has 0 aliphatic carbocycles. The normalized spacial score (nSPS) is 12.6. The van der Waals surface area contributed by atoms with Gasteiger partial charge in [0.1, 0.15) is 0 Å². The van der Waals surface area contributed by atoms with Crippen LogP contribution in [0.15, 0.2) is 18.2 Å². The second-order valence-corrected chi connectivity index (χ2v) is 4.95. The van der Waals surface area contributed by atoms with Gasteiger partial charge in [-0.3, -0.25) is 4.79 Å². The average Bonchev–Trinajstić information content (AvgIpc) is 2.21. The van der Waals surface area contributed by atoms with Gasteiger partial charge in [0.25, 0.3) is 5.91 Å². The second-order valence-electron chi connectivity index (χ2n) is 4.14. The third kappa shape index (κ3) is 3.39. The number of benzene rings is 1. The molecule has 1 aromatic rings. The number of nitrogens with one attached hydrogen (secondary N) is 1. The predicted molar refractivity (Wildman–Crippen MR) is 68.2 cm³/mol. The first kappa shape index (κ1) is 13.3. The second kappa shape index (κ2) is 5.55. The largest absolute Gasteiger partial charge is 0.349 e. The van der Waals surface area contributed by atoms with Gasteiger partial charge in [-0.15, -0.1) is 0 Å². The maximum Gasteiger partial charge on any atom is 0.251 e. The van der Waals surface area contributed by atoms with Crippen LogP contribution in [0.5, 0.6) is 0 Å². The molecule has 1 atom stereocenters. The zero-order chi connectivity index (χ0) is 12.3. The molecule has 0 saturated carbocycles. The van der Waals surface area contributed by atoms with Gasteiger partial charge in [0.15, 0.2) is 0 Å². The first-order valence-electron chi connectivity index (χ1n) is 5.17. The van der Waals surface area contributed by atoms with Gasteiger partial charge in [-0.05, 0) is 31.0 Å². The summed E-state index contributed by atoms with van der Waals surface area (Å²) in [6, 6.07) is 4.99. The molecule has 1 N–H and O–H groups in total. The molecule has 1 aromatic carbocycles. The van der Waals surface area contributed by atoms with E-state index in [4.69, 9.17) is 23.2 Å². The lowest BCUT2D eigenvalue weighted by Gasteiger charge is -2.17. The van der Waals surface area contributed by atoms with Crippen LogP contribution < -0.4 is 5.32 Å². The highest BCUT2D eigenvalue weighted by molar-refractivity contribution is 6.42. The number of hydrogen-bond donors (Lipinski definition) is 1. The zero-order valence-electron chi connectivity index (χ0n) is 9.55. The molecule has 2 nitrogen and oxygen atoms in total. The van der Waals surface area contributed by atoms with Gasteiger partial charge in [0, 0.05) is 11.6 Å². The molecule has 1 amide bonds. The molecular weight excluding hydrogens is 245 g/mol. The summed E-state index contributed by atoms with van der Waals surface area (Å²) in [6.07, 6.45) is 0. The first-order valence-corrected chi connectivity index (χ1v) is 5.93. The Labute approximate surface area is 106 Å². The van der Waals surface area contributed by atoms with Gasteiger partial charge in [-0.1, -0.05) is 37.0 Å². The van der Waals surface area contributed by atoms with Crippen molar-refractivity contribution in [3.8, 4) is 0 Å². The van der Waals surface area contributed by atoms with Crippen molar-refractivity contribution in [2.45, 2.75) is 26.8 Å². The molecule has 0 aromatic heterocycles. The Kier molecular flexibility index (Phi) is 4.63. The third-order valence-corrected chi connectivity index (χ3v) is 3.28. The van der Waals surface area contributed by atoms with Crippen LogP contribution in [-0.4, -0.2) is 11.9 Å². The number of carbonyl (C=O) groups excluding carboxylic acids is 1. The van der Waals surface area contributed by atoms with Crippen LogP contribution in [0.1, 0.15) is 31.1 Å². The molecule has 88 valence electrons. The summed E-state index contributed by atoms with van der Waals surface area (Å²) >= 11 is 11.6. The van der Waals surface area contributed by atoms with Crippen molar-refractivity contribution in [1.82, 2.24) is 5.32 Å². The molecule has 0 fully saturated rings. The molecule has 16 heavy (non-hydrogen) atoms. The van der Waals surface area contributed by atoms with Crippen LogP contribution in [0.2, 0.25) is 10.0 Å². The lowest BCUT2D eigenvalue weighted by molar-refractivity contribution is 0.0930. The van der Waals surface area contributed by atoms with Crippen molar-refractivity contribution in [3.05, 3.63) is 33.8 Å². The molecule has 0 saturated heterocycles. The van der Waals surface area contributed by atoms with Crippen molar-refractivity contribution in [1.29, 1.82) is 0 Å². The van der Waals surface area contributed by atoms with E-state index < -0.39 is 0 Å². The van der Waals surface area contributed by atoms with E-state index in [1.807, 2.05) is 6.92 Å². The Balaban J connectivity index is 2.77. The Morgan fingerprint density at radius 1 is 1.19 bits per heavy atom. The number of halogens is 2. The smallest absolute Gasteiger partial charge is 0.251 e. The van der Waals surface area contributed by atoms with Crippen molar-refractivity contribution in [3.63, 3.8) is 0 Å². The minimum Gasteiger partial charge on any atom is -0.349 e. The van der Waals surface area contributed by atoms with E-state index in [0.29, 0.717) is 21.5 Å². The number of rotatable bonds is 3. The quantitative estimate of drug-likeness (QED) is 0.880. The zero-order valence-corrected chi connectivity index (χ0v) is 11.1. The Hall–Kier alpha value is -0.730. The molecule has 0 aliphatic heterocycles. The van der Waals surface area contributed by atoms with Gasteiger partial charge in [-0.2, -0.15) is 0 Å². The summed E-state index contributed by atoms with van der Waals surface area (Å²) in [6.45, 7) is 6.08. The molecule has 1 rings (SSSR count). The topological polar surface area (TPSA) is 29.1 Å². The van der Waals surface area contributed by atoms with E-state index in [9.17, 15) is 4.79 Å². The van der Waals surface area contributed by atoms with E-state index in [2.05, 4.69) is 19.2 Å². The summed E-state index contributed by atoms with van der Waals surface area (Å²) in [5, 5.41) is 3.75. The maximum atomic E-state index is 11.8. The highest BCUT2D eigenvalue weighted by atomic mass is 35.5. The van der Waals surface area contributed by atoms with Gasteiger partial charge >= 0.3 is 0 Å². The van der Waals surface area contributed by atoms with Crippen molar-refractivity contribution >= 4 is 29.1 Å². The fraction of sp³-hybridized carbons (Fsp3) is 0.417. The first-order chi connectivity index (χ1) is 7.41. The van der Waals surface area contributed by atoms with Crippen LogP contribution in [0, 0.1) is 5.92 Å². The van der Waals surface area contributed by atoms with Crippen LogP contribution in [0.4, 0.5) is 0 Å². The van der Waals surface area contributed by atoms with Crippen LogP contribution >= 0.6 is 23.2 Å². The molecule has 0 aliphatic rings. The highest BCUT2D eigenvalue weighted by Crippen LogP contribution is 2.22. The average molecular weight is 260 g/mol. The van der Waals surface area contributed by atoms with Gasteiger partial charge in [0.2, 0.25) is 0 Å². The van der Waals surface area contributed by atoms with Crippen LogP contribution in [-0.2, 0) is 0 Å². The molecule has 0 radical (unpaired) electrons. The Morgan fingerprint density at radius 2 is 1.81 bits per heavy atom. The fourth-order valence-electron chi connectivity index (χ4n) is 1.09. The van der Waals surface area contributed by atoms with Crippen molar-refractivity contribution < 1.29 is 4.79 Å². The number of hydrogen-bond acceptors (Lipinski definition) is 1. The van der Waals surface area contributed by atoms with Gasteiger partial charge in [0.05, 0.1) is 10.0 Å². The lowest BCUT2D eigenvalue weighted by Crippen LogP contribution is -2.36.